The van der Waals surface area contributed by atoms with Crippen molar-refractivity contribution in [2.75, 3.05) is 24.6 Å². The molecule has 0 unspecified atom stereocenters. The summed E-state index contributed by atoms with van der Waals surface area (Å²) in [5.41, 5.74) is 0. The molecule has 2 fully saturated rings. The fraction of sp³-hybridized carbons (Fsp3) is 0.909. The molecule has 0 bridgehead atoms. The highest BCUT2D eigenvalue weighted by molar-refractivity contribution is 7.92. The van der Waals surface area contributed by atoms with Gasteiger partial charge in [0.25, 0.3) is 0 Å². The van der Waals surface area contributed by atoms with Crippen molar-refractivity contribution in [3.8, 4) is 0 Å². The van der Waals surface area contributed by atoms with Crippen LogP contribution in [-0.2, 0) is 24.7 Å². The fourth-order valence-electron chi connectivity index (χ4n) is 2.83. The second-order valence-corrected chi connectivity index (χ2v) is 10.2. The van der Waals surface area contributed by atoms with E-state index in [9.17, 15) is 21.6 Å². The molecule has 0 radical (unpaired) electrons. The highest BCUT2D eigenvalue weighted by Crippen LogP contribution is 2.30. The summed E-state index contributed by atoms with van der Waals surface area (Å²) in [6.07, 6.45) is 0.209. The minimum atomic E-state index is -3.61. The Labute approximate surface area is 118 Å². The van der Waals surface area contributed by atoms with E-state index in [2.05, 4.69) is 0 Å². The van der Waals surface area contributed by atoms with Gasteiger partial charge in [0.1, 0.15) is 9.84 Å². The maximum Gasteiger partial charge on any atom is 0.308 e. The van der Waals surface area contributed by atoms with Crippen LogP contribution >= 0.6 is 0 Å². The molecule has 0 amide bonds. The molecule has 0 aromatic rings. The molecule has 2 rings (SSSR count). The van der Waals surface area contributed by atoms with Crippen LogP contribution in [0.2, 0.25) is 0 Å². The van der Waals surface area contributed by atoms with Gasteiger partial charge < -0.3 is 5.11 Å². The van der Waals surface area contributed by atoms with Gasteiger partial charge >= 0.3 is 5.97 Å². The van der Waals surface area contributed by atoms with Crippen molar-refractivity contribution < 1.29 is 26.7 Å². The number of carbonyl (C=O) groups is 1. The van der Waals surface area contributed by atoms with Crippen LogP contribution < -0.4 is 0 Å². The third kappa shape index (κ3) is 2.99. The molecule has 2 aliphatic rings. The van der Waals surface area contributed by atoms with Gasteiger partial charge in [0, 0.05) is 13.1 Å². The van der Waals surface area contributed by atoms with E-state index in [0.717, 1.165) is 0 Å². The normalized spacial score (nSPS) is 32.2. The number of hydrogen-bond acceptors (Lipinski definition) is 5. The monoisotopic (exact) mass is 325 g/mol. The molecule has 0 aliphatic carbocycles. The average molecular weight is 325 g/mol. The maximum atomic E-state index is 12.5. The number of carboxylic acid groups (broad SMARTS) is 1. The van der Waals surface area contributed by atoms with E-state index in [1.54, 1.807) is 6.92 Å². The quantitative estimate of drug-likeness (QED) is 0.752. The molecular formula is C11H19NO6S2. The van der Waals surface area contributed by atoms with Crippen LogP contribution in [-0.4, -0.2) is 62.1 Å². The van der Waals surface area contributed by atoms with Crippen LogP contribution in [0.4, 0.5) is 0 Å². The molecule has 2 heterocycles. The molecule has 2 saturated heterocycles. The van der Waals surface area contributed by atoms with Gasteiger partial charge in [-0.2, -0.15) is 0 Å². The van der Waals surface area contributed by atoms with Crippen molar-refractivity contribution in [1.29, 1.82) is 0 Å². The SMILES string of the molecule is C[C@@H]1CN(S(=O)(=O)C2CCS(=O)(=O)CC2)C[C@H]1C(=O)O. The number of sulfonamides is 1. The summed E-state index contributed by atoms with van der Waals surface area (Å²) >= 11 is 0. The Hall–Kier alpha value is -0.670. The second kappa shape index (κ2) is 5.27. The van der Waals surface area contributed by atoms with Gasteiger partial charge in [0.05, 0.1) is 22.7 Å². The molecule has 0 saturated carbocycles. The smallest absolute Gasteiger partial charge is 0.308 e. The van der Waals surface area contributed by atoms with E-state index in [0.29, 0.717) is 0 Å². The summed E-state index contributed by atoms with van der Waals surface area (Å²) in [6.45, 7) is 1.91. The standard InChI is InChI=1S/C11H19NO6S2/c1-8-6-12(7-10(8)11(13)14)20(17,18)9-2-4-19(15,16)5-3-9/h8-10H,2-7H2,1H3,(H,13,14)/t8-,10-/m1/s1. The number of hydrogen-bond donors (Lipinski definition) is 1. The van der Waals surface area contributed by atoms with Gasteiger partial charge in [-0.3, -0.25) is 4.79 Å². The number of aliphatic carboxylic acids is 1. The first-order chi connectivity index (χ1) is 9.13. The van der Waals surface area contributed by atoms with Gasteiger partial charge in [-0.25, -0.2) is 21.1 Å². The number of rotatable bonds is 3. The van der Waals surface area contributed by atoms with E-state index in [1.807, 2.05) is 0 Å². The second-order valence-electron chi connectivity index (χ2n) is 5.64. The first-order valence-corrected chi connectivity index (χ1v) is 9.88. The molecule has 1 N–H and O–H groups in total. The van der Waals surface area contributed by atoms with E-state index in [-0.39, 0.29) is 43.4 Å². The summed E-state index contributed by atoms with van der Waals surface area (Å²) in [5.74, 6) is -2.11. The zero-order valence-corrected chi connectivity index (χ0v) is 12.9. The highest BCUT2D eigenvalue weighted by Gasteiger charge is 2.44. The Morgan fingerprint density at radius 3 is 2.20 bits per heavy atom. The molecule has 2 atom stereocenters. The Morgan fingerprint density at radius 1 is 1.20 bits per heavy atom. The van der Waals surface area contributed by atoms with Gasteiger partial charge in [-0.15, -0.1) is 0 Å². The Balaban J connectivity index is 2.11. The molecule has 0 spiro atoms. The van der Waals surface area contributed by atoms with Crippen molar-refractivity contribution in [1.82, 2.24) is 4.31 Å². The largest absolute Gasteiger partial charge is 0.481 e. The minimum absolute atomic E-state index is 0.0118. The van der Waals surface area contributed by atoms with Gasteiger partial charge in [-0.05, 0) is 18.8 Å². The van der Waals surface area contributed by atoms with E-state index in [4.69, 9.17) is 5.11 Å². The van der Waals surface area contributed by atoms with Crippen molar-refractivity contribution in [2.24, 2.45) is 11.8 Å². The molecule has 2 aliphatic heterocycles. The molecule has 20 heavy (non-hydrogen) atoms. The van der Waals surface area contributed by atoms with Gasteiger partial charge in [0.15, 0.2) is 0 Å². The maximum absolute atomic E-state index is 12.5. The topological polar surface area (TPSA) is 109 Å². The van der Waals surface area contributed by atoms with Gasteiger partial charge in [0.2, 0.25) is 10.0 Å². The Kier molecular flexibility index (Phi) is 4.14. The van der Waals surface area contributed by atoms with Crippen molar-refractivity contribution in [3.05, 3.63) is 0 Å². The first-order valence-electron chi connectivity index (χ1n) is 6.55. The fourth-order valence-corrected chi connectivity index (χ4v) is 6.68. The first kappa shape index (κ1) is 15.7. The summed E-state index contributed by atoms with van der Waals surface area (Å²) in [6, 6.07) is 0. The van der Waals surface area contributed by atoms with Crippen LogP contribution in [0.5, 0.6) is 0 Å². The highest BCUT2D eigenvalue weighted by atomic mass is 32.2. The summed E-state index contributed by atoms with van der Waals surface area (Å²) in [5, 5.41) is 8.34. The average Bonchev–Trinajstić information content (AvgIpc) is 2.71. The predicted molar refractivity (Wildman–Crippen MR) is 72.5 cm³/mol. The van der Waals surface area contributed by atoms with Crippen LogP contribution in [0.25, 0.3) is 0 Å². The lowest BCUT2D eigenvalue weighted by Gasteiger charge is -2.26. The lowest BCUT2D eigenvalue weighted by atomic mass is 9.99. The minimum Gasteiger partial charge on any atom is -0.481 e. The Morgan fingerprint density at radius 2 is 1.75 bits per heavy atom. The third-order valence-corrected chi connectivity index (χ3v) is 8.23. The third-order valence-electron chi connectivity index (χ3n) is 4.18. The van der Waals surface area contributed by atoms with Crippen molar-refractivity contribution in [3.63, 3.8) is 0 Å². The number of nitrogens with zero attached hydrogens (tertiary/aromatic N) is 1. The zero-order valence-electron chi connectivity index (χ0n) is 11.2. The van der Waals surface area contributed by atoms with Crippen LogP contribution in [0.15, 0.2) is 0 Å². The number of sulfone groups is 1. The van der Waals surface area contributed by atoms with E-state index < -0.39 is 37.0 Å². The molecule has 0 aromatic heterocycles. The van der Waals surface area contributed by atoms with E-state index in [1.165, 1.54) is 4.31 Å². The van der Waals surface area contributed by atoms with E-state index >= 15 is 0 Å². The van der Waals surface area contributed by atoms with Crippen molar-refractivity contribution in [2.45, 2.75) is 25.0 Å². The summed E-state index contributed by atoms with van der Waals surface area (Å²) in [7, 11) is -6.72. The lowest BCUT2D eigenvalue weighted by molar-refractivity contribution is -0.142. The molecule has 0 aromatic carbocycles. The molecule has 9 heteroatoms. The molecular weight excluding hydrogens is 306 g/mol. The summed E-state index contributed by atoms with van der Waals surface area (Å²) < 4.78 is 48.8. The summed E-state index contributed by atoms with van der Waals surface area (Å²) in [4.78, 5) is 11.0. The van der Waals surface area contributed by atoms with Crippen LogP contribution in [0.1, 0.15) is 19.8 Å². The van der Waals surface area contributed by atoms with Crippen LogP contribution in [0, 0.1) is 11.8 Å². The molecule has 7 nitrogen and oxygen atoms in total. The predicted octanol–water partition coefficient (Wildman–Crippen LogP) is -0.454. The zero-order chi connectivity index (χ0) is 15.1. The number of carboxylic acids is 1. The lowest BCUT2D eigenvalue weighted by Crippen LogP contribution is -2.42. The Bertz CT molecular complexity index is 582. The van der Waals surface area contributed by atoms with Crippen LogP contribution in [0.3, 0.4) is 0 Å². The van der Waals surface area contributed by atoms with Crippen molar-refractivity contribution >= 4 is 25.8 Å². The molecule has 116 valence electrons. The van der Waals surface area contributed by atoms with Gasteiger partial charge in [-0.1, -0.05) is 6.92 Å².